The van der Waals surface area contributed by atoms with Crippen LogP contribution in [0.2, 0.25) is 0 Å². The number of nitrogens with one attached hydrogen (secondary N) is 2. The van der Waals surface area contributed by atoms with Crippen LogP contribution in [-0.4, -0.2) is 73.3 Å². The van der Waals surface area contributed by atoms with Crippen LogP contribution in [0, 0.1) is 0 Å². The van der Waals surface area contributed by atoms with Gasteiger partial charge >= 0.3 is 12.0 Å². The molecular formula is C23H28N8O4. The van der Waals surface area contributed by atoms with Crippen molar-refractivity contribution in [1.29, 1.82) is 0 Å². The molecule has 2 aromatic heterocycles. The molecular weight excluding hydrogens is 452 g/mol. The van der Waals surface area contributed by atoms with Gasteiger partial charge in [0.05, 0.1) is 25.6 Å². The third kappa shape index (κ3) is 4.58. The van der Waals surface area contributed by atoms with Gasteiger partial charge in [0.15, 0.2) is 0 Å². The van der Waals surface area contributed by atoms with E-state index in [4.69, 9.17) is 14.2 Å². The number of aromatic nitrogens is 6. The number of imidazole rings is 1. The highest BCUT2D eigenvalue weighted by molar-refractivity contribution is 5.74. The number of fused-ring (bicyclic) bond motifs is 1. The Morgan fingerprint density at radius 2 is 1.86 bits per heavy atom. The summed E-state index contributed by atoms with van der Waals surface area (Å²) in [7, 11) is 0. The van der Waals surface area contributed by atoms with Crippen LogP contribution in [0.1, 0.15) is 38.1 Å². The molecule has 35 heavy (non-hydrogen) atoms. The molecule has 0 spiro atoms. The van der Waals surface area contributed by atoms with Crippen LogP contribution in [0.4, 0.5) is 4.79 Å². The second-order valence-corrected chi connectivity index (χ2v) is 9.19. The van der Waals surface area contributed by atoms with Crippen molar-refractivity contribution in [2.75, 3.05) is 13.2 Å². The maximum Gasteiger partial charge on any atom is 0.341 e. The Labute approximate surface area is 201 Å². The van der Waals surface area contributed by atoms with Crippen molar-refractivity contribution >= 4 is 6.03 Å². The third-order valence-electron chi connectivity index (χ3n) is 6.91. The highest BCUT2D eigenvalue weighted by Gasteiger charge is 2.50. The summed E-state index contributed by atoms with van der Waals surface area (Å²) in [5.41, 5.74) is 0.965. The van der Waals surface area contributed by atoms with Crippen molar-refractivity contribution in [3.63, 3.8) is 0 Å². The average Bonchev–Trinajstić information content (AvgIpc) is 3.67. The lowest BCUT2D eigenvalue weighted by Gasteiger charge is -2.24. The van der Waals surface area contributed by atoms with Crippen LogP contribution in [0.15, 0.2) is 43.0 Å². The van der Waals surface area contributed by atoms with E-state index in [-0.39, 0.29) is 42.4 Å². The predicted molar refractivity (Wildman–Crippen MR) is 122 cm³/mol. The van der Waals surface area contributed by atoms with Gasteiger partial charge in [-0.2, -0.15) is 4.68 Å². The standard InChI is InChI=1S/C23H28N8O4/c32-22(25-15-4-2-1-3-5-15)26-18-12-33-21-19(13-34-20(18)21)31-23(27-28-29-31)35-17-8-6-16(7-9-17)30-11-10-24-14-30/h6-11,14-15,18-21H,1-5,12-13H2,(H2,25,26,32). The number of amides is 2. The molecule has 2 N–H and O–H groups in total. The van der Waals surface area contributed by atoms with Crippen molar-refractivity contribution < 1.29 is 19.0 Å². The van der Waals surface area contributed by atoms with Gasteiger partial charge in [-0.1, -0.05) is 24.4 Å². The van der Waals surface area contributed by atoms with Crippen LogP contribution in [0.5, 0.6) is 11.8 Å². The molecule has 1 saturated carbocycles. The molecule has 0 bridgehead atoms. The van der Waals surface area contributed by atoms with Crippen LogP contribution in [-0.2, 0) is 9.47 Å². The van der Waals surface area contributed by atoms with Crippen molar-refractivity contribution in [3.05, 3.63) is 43.0 Å². The molecule has 2 aliphatic heterocycles. The molecule has 0 radical (unpaired) electrons. The van der Waals surface area contributed by atoms with Gasteiger partial charge < -0.3 is 29.4 Å². The molecule has 3 fully saturated rings. The molecule has 1 aromatic carbocycles. The summed E-state index contributed by atoms with van der Waals surface area (Å²) < 4.78 is 21.5. The fraction of sp³-hybridized carbons (Fsp3) is 0.522. The zero-order chi connectivity index (χ0) is 23.6. The van der Waals surface area contributed by atoms with Gasteiger partial charge in [0.2, 0.25) is 0 Å². The summed E-state index contributed by atoms with van der Waals surface area (Å²) in [5.74, 6) is 0.603. The van der Waals surface area contributed by atoms with Crippen LogP contribution in [0.25, 0.3) is 5.69 Å². The van der Waals surface area contributed by atoms with Crippen molar-refractivity contribution in [2.24, 2.45) is 0 Å². The first-order valence-electron chi connectivity index (χ1n) is 12.1. The van der Waals surface area contributed by atoms with Gasteiger partial charge in [-0.25, -0.2) is 9.78 Å². The monoisotopic (exact) mass is 480 g/mol. The fourth-order valence-electron chi connectivity index (χ4n) is 5.12. The van der Waals surface area contributed by atoms with E-state index < -0.39 is 0 Å². The first kappa shape index (κ1) is 22.0. The maximum atomic E-state index is 12.5. The van der Waals surface area contributed by atoms with Gasteiger partial charge in [-0.3, -0.25) is 0 Å². The summed E-state index contributed by atoms with van der Waals surface area (Å²) in [6, 6.07) is 7.39. The highest BCUT2D eigenvalue weighted by atomic mass is 16.6. The molecule has 6 rings (SSSR count). The number of carbonyl (C=O) groups is 1. The number of rotatable bonds is 6. The second-order valence-electron chi connectivity index (χ2n) is 9.19. The predicted octanol–water partition coefficient (Wildman–Crippen LogP) is 1.99. The lowest BCUT2D eigenvalue weighted by Crippen LogP contribution is -2.50. The van der Waals surface area contributed by atoms with E-state index in [1.807, 2.05) is 35.0 Å². The van der Waals surface area contributed by atoms with Crippen LogP contribution >= 0.6 is 0 Å². The highest BCUT2D eigenvalue weighted by Crippen LogP contribution is 2.36. The van der Waals surface area contributed by atoms with Gasteiger partial charge in [0, 0.05) is 24.1 Å². The summed E-state index contributed by atoms with van der Waals surface area (Å²) in [4.78, 5) is 16.6. The topological polar surface area (TPSA) is 130 Å². The van der Waals surface area contributed by atoms with E-state index in [0.29, 0.717) is 19.0 Å². The third-order valence-corrected chi connectivity index (χ3v) is 6.91. The van der Waals surface area contributed by atoms with E-state index in [1.54, 1.807) is 17.2 Å². The van der Waals surface area contributed by atoms with E-state index in [0.717, 1.165) is 31.4 Å². The number of hydrogen-bond donors (Lipinski definition) is 2. The second kappa shape index (κ2) is 9.62. The normalized spacial score (nSPS) is 26.4. The van der Waals surface area contributed by atoms with Gasteiger partial charge in [-0.15, -0.1) is 0 Å². The number of tetrazole rings is 1. The Kier molecular flexibility index (Phi) is 6.05. The minimum absolute atomic E-state index is 0.163. The SMILES string of the molecule is O=C(NC1CCCCC1)NC1COC2C1OCC2n1nnnc1Oc1ccc(-n2ccnc2)cc1. The van der Waals surface area contributed by atoms with E-state index >= 15 is 0 Å². The Balaban J connectivity index is 1.08. The number of ether oxygens (including phenoxy) is 3. The summed E-state index contributed by atoms with van der Waals surface area (Å²) in [5, 5.41) is 18.1. The average molecular weight is 481 g/mol. The molecule has 4 heterocycles. The smallest absolute Gasteiger partial charge is 0.341 e. The van der Waals surface area contributed by atoms with Crippen LogP contribution < -0.4 is 15.4 Å². The molecule has 4 unspecified atom stereocenters. The summed E-state index contributed by atoms with van der Waals surface area (Å²) in [6.45, 7) is 0.733. The van der Waals surface area contributed by atoms with Crippen LogP contribution in [0.3, 0.4) is 0 Å². The molecule has 12 nitrogen and oxygen atoms in total. The zero-order valence-corrected chi connectivity index (χ0v) is 19.2. The van der Waals surface area contributed by atoms with E-state index in [2.05, 4.69) is 31.1 Å². The molecule has 4 atom stereocenters. The number of hydrogen-bond acceptors (Lipinski definition) is 8. The number of nitrogens with zero attached hydrogens (tertiary/aromatic N) is 6. The molecule has 2 amide bonds. The first-order valence-corrected chi connectivity index (χ1v) is 12.1. The minimum atomic E-state index is -0.288. The molecule has 3 aliphatic rings. The minimum Gasteiger partial charge on any atom is -0.423 e. The van der Waals surface area contributed by atoms with Crippen molar-refractivity contribution in [2.45, 2.75) is 62.4 Å². The lowest BCUT2D eigenvalue weighted by atomic mass is 9.96. The van der Waals surface area contributed by atoms with Gasteiger partial charge in [0.25, 0.3) is 0 Å². The summed E-state index contributed by atoms with van der Waals surface area (Å²) >= 11 is 0. The molecule has 1 aliphatic carbocycles. The quantitative estimate of drug-likeness (QED) is 0.548. The molecule has 12 heteroatoms. The number of carbonyl (C=O) groups excluding carboxylic acids is 1. The Hall–Kier alpha value is -3.51. The van der Waals surface area contributed by atoms with Crippen molar-refractivity contribution in [1.82, 2.24) is 40.4 Å². The van der Waals surface area contributed by atoms with Crippen molar-refractivity contribution in [3.8, 4) is 17.4 Å². The Bertz CT molecular complexity index is 1130. The maximum absolute atomic E-state index is 12.5. The van der Waals surface area contributed by atoms with Gasteiger partial charge in [-0.05, 0) is 47.5 Å². The Morgan fingerprint density at radius 1 is 1.03 bits per heavy atom. The Morgan fingerprint density at radius 3 is 2.66 bits per heavy atom. The lowest BCUT2D eigenvalue weighted by molar-refractivity contribution is 0.0613. The van der Waals surface area contributed by atoms with E-state index in [9.17, 15) is 4.79 Å². The zero-order valence-electron chi connectivity index (χ0n) is 19.2. The van der Waals surface area contributed by atoms with Gasteiger partial charge in [0.1, 0.15) is 24.0 Å². The number of urea groups is 1. The first-order chi connectivity index (χ1) is 17.2. The summed E-state index contributed by atoms with van der Waals surface area (Å²) in [6.07, 6.45) is 10.4. The largest absolute Gasteiger partial charge is 0.423 e. The molecule has 184 valence electrons. The number of benzene rings is 1. The molecule has 3 aromatic rings. The fourth-order valence-corrected chi connectivity index (χ4v) is 5.12. The molecule has 2 saturated heterocycles. The van der Waals surface area contributed by atoms with E-state index in [1.165, 1.54) is 6.42 Å².